The maximum absolute atomic E-state index is 6.18. The van der Waals surface area contributed by atoms with Gasteiger partial charge >= 0.3 is 0 Å². The van der Waals surface area contributed by atoms with Gasteiger partial charge in [-0.25, -0.2) is 0 Å². The van der Waals surface area contributed by atoms with Crippen LogP contribution >= 0.6 is 23.1 Å². The summed E-state index contributed by atoms with van der Waals surface area (Å²) in [5.74, 6) is 0.899. The second kappa shape index (κ2) is 7.40. The zero-order valence-corrected chi connectivity index (χ0v) is 14.2. The predicted octanol–water partition coefficient (Wildman–Crippen LogP) is 4.32. The molecule has 4 nitrogen and oxygen atoms in total. The molecule has 2 aromatic rings. The first-order valence-corrected chi connectivity index (χ1v) is 8.78. The van der Waals surface area contributed by atoms with E-state index >= 15 is 0 Å². The first-order chi connectivity index (χ1) is 10.8. The zero-order valence-electron chi connectivity index (χ0n) is 12.7. The van der Waals surface area contributed by atoms with Crippen molar-refractivity contribution in [3.63, 3.8) is 0 Å². The van der Waals surface area contributed by atoms with Gasteiger partial charge in [0.25, 0.3) is 0 Å². The van der Waals surface area contributed by atoms with Crippen LogP contribution < -0.4 is 4.74 Å². The summed E-state index contributed by atoms with van der Waals surface area (Å²) in [5, 5.41) is 4.17. The fourth-order valence-electron chi connectivity index (χ4n) is 3.04. The third-order valence-corrected chi connectivity index (χ3v) is 5.21. The molecule has 2 heterocycles. The minimum atomic E-state index is 0.408. The lowest BCUT2D eigenvalue weighted by molar-refractivity contribution is 0.190. The molecule has 118 valence electrons. The van der Waals surface area contributed by atoms with Crippen LogP contribution in [-0.2, 0) is 6.54 Å². The molecule has 6 heteroatoms. The fraction of sp³-hybridized carbons (Fsp3) is 0.500. The molecule has 1 saturated heterocycles. The predicted molar refractivity (Wildman–Crippen MR) is 89.5 cm³/mol. The molecule has 1 aromatic carbocycles. The van der Waals surface area contributed by atoms with E-state index in [1.54, 1.807) is 7.11 Å². The average Bonchev–Trinajstić information content (AvgIpc) is 2.82. The smallest absolute Gasteiger partial charge is 0.138 e. The van der Waals surface area contributed by atoms with Crippen LogP contribution in [0.4, 0.5) is 0 Å². The molecule has 1 aromatic heterocycles. The lowest BCUT2D eigenvalue weighted by Gasteiger charge is -2.29. The summed E-state index contributed by atoms with van der Waals surface area (Å²) in [6, 6.07) is 8.82. The van der Waals surface area contributed by atoms with Gasteiger partial charge in [0.1, 0.15) is 15.8 Å². The van der Waals surface area contributed by atoms with E-state index in [0.717, 1.165) is 24.5 Å². The number of rotatable bonds is 4. The van der Waals surface area contributed by atoms with E-state index in [0.29, 0.717) is 10.4 Å². The fourth-order valence-corrected chi connectivity index (χ4v) is 3.66. The number of likely N-dealkylation sites (tertiary alicyclic amines) is 1. The van der Waals surface area contributed by atoms with Gasteiger partial charge in [-0.2, -0.15) is 0 Å². The quantitative estimate of drug-likeness (QED) is 0.833. The second-order valence-electron chi connectivity index (χ2n) is 5.60. The maximum Gasteiger partial charge on any atom is 0.138 e. The Balaban J connectivity index is 1.82. The van der Waals surface area contributed by atoms with Crippen molar-refractivity contribution in [2.45, 2.75) is 38.3 Å². The molecule has 1 aliphatic rings. The summed E-state index contributed by atoms with van der Waals surface area (Å²) < 4.78 is 9.91. The summed E-state index contributed by atoms with van der Waals surface area (Å²) >= 11 is 7.44. The lowest BCUT2D eigenvalue weighted by Crippen LogP contribution is -2.28. The van der Waals surface area contributed by atoms with Crippen molar-refractivity contribution < 1.29 is 4.74 Å². The number of nitrogens with zero attached hydrogens (tertiary/aromatic N) is 3. The van der Waals surface area contributed by atoms with Crippen LogP contribution in [-0.4, -0.2) is 28.1 Å². The molecule has 0 aliphatic carbocycles. The van der Waals surface area contributed by atoms with Crippen LogP contribution in [0.2, 0.25) is 4.34 Å². The Hall–Kier alpha value is -1.17. The largest absolute Gasteiger partial charge is 0.497 e. The summed E-state index contributed by atoms with van der Waals surface area (Å²) in [6.45, 7) is 1.84. The van der Waals surface area contributed by atoms with E-state index < -0.39 is 0 Å². The Morgan fingerprint density at radius 1 is 1.27 bits per heavy atom. The Morgan fingerprint density at radius 2 is 2.09 bits per heavy atom. The van der Waals surface area contributed by atoms with Gasteiger partial charge in [0.15, 0.2) is 0 Å². The Morgan fingerprint density at radius 3 is 2.77 bits per heavy atom. The SMILES string of the molecule is COc1ccc([C@H]2CCCCCN2Cc2nnsc2Cl)cc1. The van der Waals surface area contributed by atoms with Crippen molar-refractivity contribution >= 4 is 23.1 Å². The number of halogens is 1. The zero-order chi connectivity index (χ0) is 15.4. The molecule has 1 aliphatic heterocycles. The molecule has 3 rings (SSSR count). The van der Waals surface area contributed by atoms with Crippen molar-refractivity contribution in [2.75, 3.05) is 13.7 Å². The van der Waals surface area contributed by atoms with Gasteiger partial charge in [-0.1, -0.05) is 41.1 Å². The molecule has 0 bridgehead atoms. The van der Waals surface area contributed by atoms with Gasteiger partial charge < -0.3 is 4.74 Å². The topological polar surface area (TPSA) is 38.2 Å². The molecular weight excluding hydrogens is 318 g/mol. The van der Waals surface area contributed by atoms with Crippen LogP contribution in [0.5, 0.6) is 5.75 Å². The van der Waals surface area contributed by atoms with Crippen LogP contribution in [0, 0.1) is 0 Å². The standard InChI is InChI=1S/C16H20ClN3OS/c1-21-13-8-6-12(7-9-13)15-5-3-2-4-10-20(15)11-14-16(17)22-19-18-14/h6-9,15H,2-5,10-11H2,1H3/t15-/m1/s1. The van der Waals surface area contributed by atoms with Crippen molar-refractivity contribution in [1.82, 2.24) is 14.5 Å². The van der Waals surface area contributed by atoms with Crippen LogP contribution in [0.15, 0.2) is 24.3 Å². The van der Waals surface area contributed by atoms with E-state index in [4.69, 9.17) is 16.3 Å². The molecule has 22 heavy (non-hydrogen) atoms. The lowest BCUT2D eigenvalue weighted by atomic mass is 10.0. The molecule has 0 unspecified atom stereocenters. The normalized spacial score (nSPS) is 19.8. The molecule has 0 spiro atoms. The highest BCUT2D eigenvalue weighted by Crippen LogP contribution is 2.33. The summed E-state index contributed by atoms with van der Waals surface area (Å²) in [7, 11) is 1.70. The number of hydrogen-bond donors (Lipinski definition) is 0. The van der Waals surface area contributed by atoms with Crippen molar-refractivity contribution in [2.24, 2.45) is 0 Å². The second-order valence-corrected chi connectivity index (χ2v) is 6.96. The van der Waals surface area contributed by atoms with E-state index in [2.05, 4.69) is 26.6 Å². The van der Waals surface area contributed by atoms with Crippen LogP contribution in [0.1, 0.15) is 43.0 Å². The Labute approximate surface area is 140 Å². The highest BCUT2D eigenvalue weighted by Gasteiger charge is 2.24. The third-order valence-electron chi connectivity index (χ3n) is 4.23. The van der Waals surface area contributed by atoms with Gasteiger partial charge in [-0.3, -0.25) is 4.90 Å². The van der Waals surface area contributed by atoms with E-state index in [1.165, 1.54) is 42.8 Å². The van der Waals surface area contributed by atoms with Crippen LogP contribution in [0.25, 0.3) is 0 Å². The molecular formula is C16H20ClN3OS. The van der Waals surface area contributed by atoms with Gasteiger partial charge in [0.05, 0.1) is 7.11 Å². The van der Waals surface area contributed by atoms with E-state index in [-0.39, 0.29) is 0 Å². The number of benzene rings is 1. The summed E-state index contributed by atoms with van der Waals surface area (Å²) in [6.07, 6.45) is 4.94. The maximum atomic E-state index is 6.18. The number of methoxy groups -OCH3 is 1. The molecule has 0 amide bonds. The Bertz CT molecular complexity index is 602. The Kier molecular flexibility index (Phi) is 5.28. The minimum Gasteiger partial charge on any atom is -0.497 e. The minimum absolute atomic E-state index is 0.408. The first kappa shape index (κ1) is 15.7. The average molecular weight is 338 g/mol. The number of aromatic nitrogens is 2. The first-order valence-electron chi connectivity index (χ1n) is 7.62. The highest BCUT2D eigenvalue weighted by molar-refractivity contribution is 7.10. The summed E-state index contributed by atoms with van der Waals surface area (Å²) in [4.78, 5) is 2.48. The monoisotopic (exact) mass is 337 g/mol. The van der Waals surface area contributed by atoms with Gasteiger partial charge in [-0.05, 0) is 37.1 Å². The molecule has 1 atom stereocenters. The number of ether oxygens (including phenoxy) is 1. The van der Waals surface area contributed by atoms with E-state index in [9.17, 15) is 0 Å². The van der Waals surface area contributed by atoms with Crippen LogP contribution in [0.3, 0.4) is 0 Å². The van der Waals surface area contributed by atoms with Crippen molar-refractivity contribution in [3.05, 3.63) is 39.9 Å². The highest BCUT2D eigenvalue weighted by atomic mass is 35.5. The van der Waals surface area contributed by atoms with Crippen molar-refractivity contribution in [1.29, 1.82) is 0 Å². The summed E-state index contributed by atoms with van der Waals surface area (Å²) in [5.41, 5.74) is 2.23. The third kappa shape index (κ3) is 3.59. The van der Waals surface area contributed by atoms with Gasteiger partial charge in [0, 0.05) is 24.1 Å². The molecule has 0 saturated carbocycles. The van der Waals surface area contributed by atoms with E-state index in [1.807, 2.05) is 12.1 Å². The molecule has 0 N–H and O–H groups in total. The van der Waals surface area contributed by atoms with Gasteiger partial charge in [-0.15, -0.1) is 5.10 Å². The van der Waals surface area contributed by atoms with Gasteiger partial charge in [0.2, 0.25) is 0 Å². The van der Waals surface area contributed by atoms with Crippen molar-refractivity contribution in [3.8, 4) is 5.75 Å². The molecule has 0 radical (unpaired) electrons. The number of hydrogen-bond acceptors (Lipinski definition) is 5. The molecule has 1 fully saturated rings.